The van der Waals surface area contributed by atoms with E-state index in [1.54, 1.807) is 26.1 Å². The summed E-state index contributed by atoms with van der Waals surface area (Å²) in [6, 6.07) is 7.60. The minimum atomic E-state index is -1.10. The number of amides is 2. The second kappa shape index (κ2) is 5.44. The lowest BCUT2D eigenvalue weighted by Gasteiger charge is -2.21. The molecule has 5 nitrogen and oxygen atoms in total. The largest absolute Gasteiger partial charge is 0.368 e. The molecule has 0 aliphatic carbocycles. The van der Waals surface area contributed by atoms with E-state index in [2.05, 4.69) is 11.9 Å². The Morgan fingerprint density at radius 1 is 1.38 bits per heavy atom. The number of hydrogen-bond donors (Lipinski definition) is 2. The first-order valence-corrected chi connectivity index (χ1v) is 6.68. The van der Waals surface area contributed by atoms with Crippen molar-refractivity contribution in [2.24, 2.45) is 5.73 Å². The van der Waals surface area contributed by atoms with E-state index in [9.17, 15) is 9.59 Å². The molecule has 21 heavy (non-hydrogen) atoms. The molecule has 0 saturated heterocycles. The van der Waals surface area contributed by atoms with Crippen LogP contribution in [0.3, 0.4) is 0 Å². The second-order valence-corrected chi connectivity index (χ2v) is 5.44. The van der Waals surface area contributed by atoms with Gasteiger partial charge in [-0.15, -0.1) is 6.58 Å². The van der Waals surface area contributed by atoms with Gasteiger partial charge in [-0.25, -0.2) is 0 Å². The summed E-state index contributed by atoms with van der Waals surface area (Å²) in [5.41, 5.74) is 5.65. The minimum Gasteiger partial charge on any atom is -0.368 e. The number of rotatable bonds is 5. The van der Waals surface area contributed by atoms with Crippen LogP contribution in [-0.4, -0.2) is 21.9 Å². The van der Waals surface area contributed by atoms with Gasteiger partial charge in [0.15, 0.2) is 0 Å². The van der Waals surface area contributed by atoms with Crippen LogP contribution in [0.15, 0.2) is 43.1 Å². The zero-order chi connectivity index (χ0) is 15.6. The van der Waals surface area contributed by atoms with Gasteiger partial charge in [0.2, 0.25) is 5.91 Å². The summed E-state index contributed by atoms with van der Waals surface area (Å²) in [5.74, 6) is -0.900. The summed E-state index contributed by atoms with van der Waals surface area (Å²) >= 11 is 0. The highest BCUT2D eigenvalue weighted by Gasteiger charge is 2.28. The molecule has 1 aromatic heterocycles. The van der Waals surface area contributed by atoms with Crippen LogP contribution in [0, 0.1) is 0 Å². The Balaban J connectivity index is 2.44. The molecule has 0 aliphatic rings. The highest BCUT2D eigenvalue weighted by Crippen LogP contribution is 2.22. The first-order chi connectivity index (χ1) is 9.86. The molecule has 0 spiro atoms. The van der Waals surface area contributed by atoms with Crippen molar-refractivity contribution in [3.63, 3.8) is 0 Å². The first kappa shape index (κ1) is 14.8. The Kier molecular flexibility index (Phi) is 3.84. The second-order valence-electron chi connectivity index (χ2n) is 5.44. The van der Waals surface area contributed by atoms with Gasteiger partial charge in [0.1, 0.15) is 5.54 Å². The van der Waals surface area contributed by atoms with Crippen LogP contribution in [-0.2, 0) is 11.3 Å². The summed E-state index contributed by atoms with van der Waals surface area (Å²) in [5, 5.41) is 3.50. The van der Waals surface area contributed by atoms with E-state index in [4.69, 9.17) is 5.73 Å². The molecule has 3 N–H and O–H groups in total. The monoisotopic (exact) mass is 285 g/mol. The van der Waals surface area contributed by atoms with E-state index in [1.165, 1.54) is 0 Å². The fourth-order valence-corrected chi connectivity index (χ4v) is 2.13. The third kappa shape index (κ3) is 2.81. The van der Waals surface area contributed by atoms with E-state index < -0.39 is 11.4 Å². The zero-order valence-corrected chi connectivity index (χ0v) is 12.2. The summed E-state index contributed by atoms with van der Waals surface area (Å²) in [7, 11) is 0. The Bertz CT molecular complexity index is 713. The molecule has 0 radical (unpaired) electrons. The van der Waals surface area contributed by atoms with Gasteiger partial charge in [-0.3, -0.25) is 9.59 Å². The molecule has 2 rings (SSSR count). The van der Waals surface area contributed by atoms with E-state index in [1.807, 2.05) is 28.8 Å². The maximum Gasteiger partial charge on any atom is 0.254 e. The number of fused-ring (bicyclic) bond motifs is 1. The SMILES string of the molecule is C=CCn1cc(C(=O)NC(C)(C)C(N)=O)c2ccccc21. The number of nitrogens with two attached hydrogens (primary N) is 1. The number of benzene rings is 1. The Morgan fingerprint density at radius 2 is 2.05 bits per heavy atom. The van der Waals surface area contributed by atoms with Gasteiger partial charge >= 0.3 is 0 Å². The third-order valence-corrected chi connectivity index (χ3v) is 3.40. The molecule has 0 saturated carbocycles. The van der Waals surface area contributed by atoms with Gasteiger partial charge in [-0.2, -0.15) is 0 Å². The predicted molar refractivity (Wildman–Crippen MR) is 82.9 cm³/mol. The van der Waals surface area contributed by atoms with Crippen LogP contribution in [0.5, 0.6) is 0 Å². The zero-order valence-electron chi connectivity index (χ0n) is 12.2. The molecule has 1 heterocycles. The molecule has 110 valence electrons. The Morgan fingerprint density at radius 3 is 2.67 bits per heavy atom. The van der Waals surface area contributed by atoms with E-state index in [0.29, 0.717) is 12.1 Å². The molecule has 0 bridgehead atoms. The summed E-state index contributed by atoms with van der Waals surface area (Å²) in [6.45, 7) is 7.48. The number of hydrogen-bond acceptors (Lipinski definition) is 2. The average Bonchev–Trinajstić information content (AvgIpc) is 2.78. The van der Waals surface area contributed by atoms with Gasteiger partial charge in [0.05, 0.1) is 5.56 Å². The number of carbonyl (C=O) groups is 2. The number of carbonyl (C=O) groups excluding carboxylic acids is 2. The molecule has 2 amide bonds. The smallest absolute Gasteiger partial charge is 0.254 e. The van der Waals surface area contributed by atoms with Gasteiger partial charge < -0.3 is 15.6 Å². The van der Waals surface area contributed by atoms with Crippen LogP contribution >= 0.6 is 0 Å². The fraction of sp³-hybridized carbons (Fsp3) is 0.250. The van der Waals surface area contributed by atoms with Crippen molar-refractivity contribution in [1.82, 2.24) is 9.88 Å². The molecule has 2 aromatic rings. The number of para-hydroxylation sites is 1. The van der Waals surface area contributed by atoms with Gasteiger partial charge in [0, 0.05) is 23.6 Å². The predicted octanol–water partition coefficient (Wildman–Crippen LogP) is 1.82. The van der Waals surface area contributed by atoms with Crippen molar-refractivity contribution >= 4 is 22.7 Å². The normalized spacial score (nSPS) is 11.3. The lowest BCUT2D eigenvalue weighted by molar-refractivity contribution is -0.122. The van der Waals surface area contributed by atoms with E-state index in [0.717, 1.165) is 10.9 Å². The van der Waals surface area contributed by atoms with Gasteiger partial charge in [0.25, 0.3) is 5.91 Å². The summed E-state index contributed by atoms with van der Waals surface area (Å²) in [4.78, 5) is 23.8. The van der Waals surface area contributed by atoms with E-state index in [-0.39, 0.29) is 5.91 Å². The molecule has 0 aliphatic heterocycles. The van der Waals surface area contributed by atoms with Crippen LogP contribution in [0.4, 0.5) is 0 Å². The summed E-state index contributed by atoms with van der Waals surface area (Å²) < 4.78 is 1.94. The Hall–Kier alpha value is -2.56. The van der Waals surface area contributed by atoms with Crippen LogP contribution in [0.2, 0.25) is 0 Å². The van der Waals surface area contributed by atoms with Crippen molar-refractivity contribution < 1.29 is 9.59 Å². The Labute approximate surface area is 123 Å². The molecular weight excluding hydrogens is 266 g/mol. The van der Waals surface area contributed by atoms with Crippen LogP contribution in [0.25, 0.3) is 10.9 Å². The summed E-state index contributed by atoms with van der Waals surface area (Å²) in [6.07, 6.45) is 3.53. The highest BCUT2D eigenvalue weighted by molar-refractivity contribution is 6.08. The number of nitrogens with one attached hydrogen (secondary N) is 1. The minimum absolute atomic E-state index is 0.321. The van der Waals surface area contributed by atoms with Crippen LogP contribution < -0.4 is 11.1 Å². The van der Waals surface area contributed by atoms with Crippen molar-refractivity contribution in [2.75, 3.05) is 0 Å². The third-order valence-electron chi connectivity index (χ3n) is 3.40. The molecular formula is C16H19N3O2. The maximum atomic E-state index is 12.4. The fourth-order valence-electron chi connectivity index (χ4n) is 2.13. The average molecular weight is 285 g/mol. The molecule has 1 aromatic carbocycles. The topological polar surface area (TPSA) is 77.1 Å². The molecule has 0 atom stereocenters. The standard InChI is InChI=1S/C16H19N3O2/c1-4-9-19-10-12(11-7-5-6-8-13(11)19)14(20)18-16(2,3)15(17)21/h4-8,10H,1,9H2,2-3H3,(H2,17,21)(H,18,20). The molecule has 5 heteroatoms. The lowest BCUT2D eigenvalue weighted by atomic mass is 10.0. The van der Waals surface area contributed by atoms with Crippen molar-refractivity contribution in [3.05, 3.63) is 48.7 Å². The number of aromatic nitrogens is 1. The number of nitrogens with zero attached hydrogens (tertiary/aromatic N) is 1. The van der Waals surface area contributed by atoms with Crippen molar-refractivity contribution in [3.8, 4) is 0 Å². The quantitative estimate of drug-likeness (QED) is 0.822. The number of allylic oxidation sites excluding steroid dienone is 1. The van der Waals surface area contributed by atoms with Crippen molar-refractivity contribution in [2.45, 2.75) is 25.9 Å². The van der Waals surface area contributed by atoms with E-state index >= 15 is 0 Å². The molecule has 0 fully saturated rings. The van der Waals surface area contributed by atoms with Crippen molar-refractivity contribution in [1.29, 1.82) is 0 Å². The maximum absolute atomic E-state index is 12.4. The van der Waals surface area contributed by atoms with Crippen LogP contribution in [0.1, 0.15) is 24.2 Å². The number of primary amides is 1. The lowest BCUT2D eigenvalue weighted by Crippen LogP contribution is -2.52. The van der Waals surface area contributed by atoms with Gasteiger partial charge in [-0.1, -0.05) is 24.3 Å². The van der Waals surface area contributed by atoms with Gasteiger partial charge in [-0.05, 0) is 19.9 Å². The highest BCUT2D eigenvalue weighted by atomic mass is 16.2. The molecule has 0 unspecified atom stereocenters. The first-order valence-electron chi connectivity index (χ1n) is 6.68.